The first-order valence-corrected chi connectivity index (χ1v) is 6.62. The molecule has 0 heterocycles. The van der Waals surface area contributed by atoms with Crippen LogP contribution in [-0.2, 0) is 5.41 Å². The molecular formula is C16H17Br. The van der Waals surface area contributed by atoms with Crippen LogP contribution >= 0.6 is 15.9 Å². The van der Waals surface area contributed by atoms with Crippen molar-refractivity contribution in [3.8, 4) is 11.1 Å². The zero-order valence-corrected chi connectivity index (χ0v) is 12.1. The van der Waals surface area contributed by atoms with Crippen molar-refractivity contribution in [1.29, 1.82) is 0 Å². The van der Waals surface area contributed by atoms with Gasteiger partial charge in [0.15, 0.2) is 0 Å². The average Bonchev–Trinajstić information content (AvgIpc) is 2.28. The molecule has 2 aromatic carbocycles. The fraction of sp³-hybridized carbons (Fsp3) is 0.250. The van der Waals surface area contributed by atoms with Crippen molar-refractivity contribution < 1.29 is 0 Å². The number of hydrogen-bond acceptors (Lipinski definition) is 0. The van der Waals surface area contributed by atoms with E-state index < -0.39 is 0 Å². The molecule has 2 rings (SSSR count). The summed E-state index contributed by atoms with van der Waals surface area (Å²) >= 11 is 3.60. The van der Waals surface area contributed by atoms with E-state index >= 15 is 0 Å². The van der Waals surface area contributed by atoms with Gasteiger partial charge in [-0.1, -0.05) is 73.1 Å². The summed E-state index contributed by atoms with van der Waals surface area (Å²) in [4.78, 5) is 0. The molecule has 2 aromatic rings. The highest BCUT2D eigenvalue weighted by Crippen LogP contribution is 2.31. The van der Waals surface area contributed by atoms with Gasteiger partial charge in [-0.15, -0.1) is 0 Å². The van der Waals surface area contributed by atoms with Crippen LogP contribution < -0.4 is 0 Å². The first-order chi connectivity index (χ1) is 7.97. The van der Waals surface area contributed by atoms with Crippen molar-refractivity contribution in [2.75, 3.05) is 0 Å². The minimum absolute atomic E-state index is 0.174. The fourth-order valence-corrected chi connectivity index (χ4v) is 2.31. The van der Waals surface area contributed by atoms with Crippen LogP contribution in [0.15, 0.2) is 53.0 Å². The van der Waals surface area contributed by atoms with Gasteiger partial charge in [-0.05, 0) is 34.2 Å². The second-order valence-corrected chi connectivity index (χ2v) is 6.26. The van der Waals surface area contributed by atoms with Crippen LogP contribution in [0.4, 0.5) is 0 Å². The fourth-order valence-electron chi connectivity index (χ4n) is 1.82. The van der Waals surface area contributed by atoms with Crippen molar-refractivity contribution in [2.24, 2.45) is 0 Å². The van der Waals surface area contributed by atoms with Gasteiger partial charge in [0.1, 0.15) is 0 Å². The molecular weight excluding hydrogens is 272 g/mol. The zero-order chi connectivity index (χ0) is 12.5. The van der Waals surface area contributed by atoms with E-state index in [4.69, 9.17) is 0 Å². The molecule has 0 aliphatic heterocycles. The summed E-state index contributed by atoms with van der Waals surface area (Å²) in [5, 5.41) is 0. The van der Waals surface area contributed by atoms with Gasteiger partial charge in [0.05, 0.1) is 0 Å². The summed E-state index contributed by atoms with van der Waals surface area (Å²) in [5.41, 5.74) is 4.06. The monoisotopic (exact) mass is 288 g/mol. The van der Waals surface area contributed by atoms with Crippen LogP contribution in [-0.4, -0.2) is 0 Å². The molecule has 0 saturated heterocycles. The molecule has 0 aliphatic carbocycles. The van der Waals surface area contributed by atoms with Crippen molar-refractivity contribution in [2.45, 2.75) is 26.2 Å². The Balaban J connectivity index is 2.54. The third-order valence-electron chi connectivity index (χ3n) is 2.87. The molecule has 0 N–H and O–H groups in total. The quantitative estimate of drug-likeness (QED) is 0.658. The Kier molecular flexibility index (Phi) is 3.39. The van der Waals surface area contributed by atoms with Crippen molar-refractivity contribution >= 4 is 15.9 Å². The van der Waals surface area contributed by atoms with Gasteiger partial charge in [0.2, 0.25) is 0 Å². The van der Waals surface area contributed by atoms with Gasteiger partial charge < -0.3 is 0 Å². The Labute approximate surface area is 112 Å². The van der Waals surface area contributed by atoms with Gasteiger partial charge in [0.25, 0.3) is 0 Å². The molecule has 17 heavy (non-hydrogen) atoms. The molecule has 0 aromatic heterocycles. The Bertz CT molecular complexity index is 507. The summed E-state index contributed by atoms with van der Waals surface area (Å²) in [7, 11) is 0. The smallest absolute Gasteiger partial charge is 0.0184 e. The second-order valence-electron chi connectivity index (χ2n) is 5.34. The van der Waals surface area contributed by atoms with Crippen molar-refractivity contribution in [3.63, 3.8) is 0 Å². The average molecular weight is 289 g/mol. The molecule has 0 bridgehead atoms. The highest BCUT2D eigenvalue weighted by molar-refractivity contribution is 9.10. The lowest BCUT2D eigenvalue weighted by Crippen LogP contribution is -2.11. The van der Waals surface area contributed by atoms with E-state index in [1.807, 2.05) is 6.07 Å². The van der Waals surface area contributed by atoms with E-state index in [0.717, 1.165) is 4.47 Å². The van der Waals surface area contributed by atoms with Gasteiger partial charge in [-0.2, -0.15) is 0 Å². The van der Waals surface area contributed by atoms with Gasteiger partial charge in [-0.3, -0.25) is 0 Å². The molecule has 0 unspecified atom stereocenters. The summed E-state index contributed by atoms with van der Waals surface area (Å²) in [6.45, 7) is 6.72. The van der Waals surface area contributed by atoms with Crippen molar-refractivity contribution in [3.05, 3.63) is 58.6 Å². The summed E-state index contributed by atoms with van der Waals surface area (Å²) in [6, 6.07) is 17.1. The van der Waals surface area contributed by atoms with Gasteiger partial charge in [-0.25, -0.2) is 0 Å². The third-order valence-corrected chi connectivity index (χ3v) is 3.33. The van der Waals surface area contributed by atoms with E-state index in [9.17, 15) is 0 Å². The third kappa shape index (κ3) is 2.98. The van der Waals surface area contributed by atoms with E-state index in [1.165, 1.54) is 16.7 Å². The number of benzene rings is 2. The van der Waals surface area contributed by atoms with Crippen LogP contribution in [0.1, 0.15) is 26.3 Å². The minimum atomic E-state index is 0.174. The maximum absolute atomic E-state index is 3.60. The molecule has 0 atom stereocenters. The lowest BCUT2D eigenvalue weighted by atomic mass is 9.85. The van der Waals surface area contributed by atoms with Crippen LogP contribution in [0.2, 0.25) is 0 Å². The normalized spacial score (nSPS) is 11.5. The Hall–Kier alpha value is -1.08. The summed E-state index contributed by atoms with van der Waals surface area (Å²) in [5.74, 6) is 0. The lowest BCUT2D eigenvalue weighted by Gasteiger charge is -2.20. The maximum atomic E-state index is 3.60. The molecule has 0 nitrogen and oxygen atoms in total. The van der Waals surface area contributed by atoms with Crippen LogP contribution in [0, 0.1) is 0 Å². The Morgan fingerprint density at radius 3 is 2.06 bits per heavy atom. The Morgan fingerprint density at radius 1 is 0.824 bits per heavy atom. The SMILES string of the molecule is CC(C)(C)c1cc(Br)cc(-c2ccccc2)c1. The summed E-state index contributed by atoms with van der Waals surface area (Å²) < 4.78 is 1.14. The Morgan fingerprint density at radius 2 is 1.47 bits per heavy atom. The highest BCUT2D eigenvalue weighted by atomic mass is 79.9. The van der Waals surface area contributed by atoms with E-state index in [2.05, 4.69) is 79.2 Å². The van der Waals surface area contributed by atoms with Gasteiger partial charge >= 0.3 is 0 Å². The maximum Gasteiger partial charge on any atom is 0.0184 e. The van der Waals surface area contributed by atoms with Crippen LogP contribution in [0.3, 0.4) is 0 Å². The molecule has 0 amide bonds. The predicted octanol–water partition coefficient (Wildman–Crippen LogP) is 5.41. The van der Waals surface area contributed by atoms with E-state index in [0.29, 0.717) is 0 Å². The lowest BCUT2D eigenvalue weighted by molar-refractivity contribution is 0.590. The molecule has 0 radical (unpaired) electrons. The molecule has 0 saturated carbocycles. The highest BCUT2D eigenvalue weighted by Gasteiger charge is 2.15. The minimum Gasteiger partial charge on any atom is -0.0622 e. The largest absolute Gasteiger partial charge is 0.0622 e. The number of halogens is 1. The topological polar surface area (TPSA) is 0 Å². The second kappa shape index (κ2) is 4.66. The van der Waals surface area contributed by atoms with E-state index in [1.54, 1.807) is 0 Å². The molecule has 1 heteroatoms. The molecule has 88 valence electrons. The predicted molar refractivity (Wildman–Crippen MR) is 78.3 cm³/mol. The van der Waals surface area contributed by atoms with Gasteiger partial charge in [0, 0.05) is 4.47 Å². The number of hydrogen-bond donors (Lipinski definition) is 0. The van der Waals surface area contributed by atoms with Crippen molar-refractivity contribution in [1.82, 2.24) is 0 Å². The first kappa shape index (κ1) is 12.4. The van der Waals surface area contributed by atoms with Crippen LogP contribution in [0.25, 0.3) is 11.1 Å². The van der Waals surface area contributed by atoms with Crippen LogP contribution in [0.5, 0.6) is 0 Å². The molecule has 0 fully saturated rings. The molecule has 0 aliphatic rings. The number of rotatable bonds is 1. The first-order valence-electron chi connectivity index (χ1n) is 5.83. The standard InChI is InChI=1S/C16H17Br/c1-16(2,3)14-9-13(10-15(17)11-14)12-7-5-4-6-8-12/h4-11H,1-3H3. The zero-order valence-electron chi connectivity index (χ0n) is 10.5. The van der Waals surface area contributed by atoms with E-state index in [-0.39, 0.29) is 5.41 Å². The molecule has 0 spiro atoms. The summed E-state index contributed by atoms with van der Waals surface area (Å²) in [6.07, 6.45) is 0.